The van der Waals surface area contributed by atoms with E-state index in [9.17, 15) is 4.79 Å². The van der Waals surface area contributed by atoms with Gasteiger partial charge in [-0.2, -0.15) is 0 Å². The normalized spacial score (nSPS) is 23.3. The highest BCUT2D eigenvalue weighted by Gasteiger charge is 2.24. The second-order valence-electron chi connectivity index (χ2n) is 5.77. The van der Waals surface area contributed by atoms with Gasteiger partial charge in [0.05, 0.1) is 6.42 Å². The smallest absolute Gasteiger partial charge is 0.307 e. The average Bonchev–Trinajstić information content (AvgIpc) is 2.33. The number of carboxylic acid groups (broad SMARTS) is 1. The van der Waals surface area contributed by atoms with Gasteiger partial charge in [-0.15, -0.1) is 0 Å². The number of carbonyl (C=O) groups is 1. The van der Waals surface area contributed by atoms with Crippen LogP contribution in [0.3, 0.4) is 0 Å². The molecule has 1 aromatic rings. The van der Waals surface area contributed by atoms with Crippen LogP contribution in [0.15, 0.2) is 0 Å². The summed E-state index contributed by atoms with van der Waals surface area (Å²) in [6.07, 6.45) is 4.85. The highest BCUT2D eigenvalue weighted by atomic mass is 16.4. The minimum absolute atomic E-state index is 0.0129. The maximum Gasteiger partial charge on any atom is 0.307 e. The predicted molar refractivity (Wildman–Crippen MR) is 73.2 cm³/mol. The van der Waals surface area contributed by atoms with Crippen molar-refractivity contribution in [2.75, 3.05) is 0 Å². The molecule has 2 atom stereocenters. The van der Waals surface area contributed by atoms with E-state index in [1.165, 1.54) is 12.8 Å². The van der Waals surface area contributed by atoms with Gasteiger partial charge in [-0.05, 0) is 32.6 Å². The summed E-state index contributed by atoms with van der Waals surface area (Å²) < 4.78 is 0. The fraction of sp³-hybridized carbons (Fsp3) is 0.667. The van der Waals surface area contributed by atoms with Crippen LogP contribution in [0.5, 0.6) is 0 Å². The first-order valence-electron chi connectivity index (χ1n) is 7.03. The lowest BCUT2D eigenvalue weighted by Gasteiger charge is -2.26. The van der Waals surface area contributed by atoms with Gasteiger partial charge in [-0.1, -0.05) is 19.8 Å². The van der Waals surface area contributed by atoms with Crippen molar-refractivity contribution in [3.8, 4) is 0 Å². The largest absolute Gasteiger partial charge is 0.481 e. The first-order chi connectivity index (χ1) is 8.97. The summed E-state index contributed by atoms with van der Waals surface area (Å²) in [6.45, 7) is 6.07. The van der Waals surface area contributed by atoms with E-state index in [-0.39, 0.29) is 6.42 Å². The van der Waals surface area contributed by atoms with Crippen LogP contribution in [0.1, 0.15) is 61.3 Å². The van der Waals surface area contributed by atoms with Crippen molar-refractivity contribution >= 4 is 5.97 Å². The zero-order valence-corrected chi connectivity index (χ0v) is 11.9. The number of hydrogen-bond acceptors (Lipinski definition) is 3. The Morgan fingerprint density at radius 3 is 2.42 bits per heavy atom. The van der Waals surface area contributed by atoms with Crippen LogP contribution in [0, 0.1) is 19.8 Å². The van der Waals surface area contributed by atoms with Gasteiger partial charge in [0.1, 0.15) is 5.82 Å². The van der Waals surface area contributed by atoms with Crippen LogP contribution in [-0.4, -0.2) is 21.0 Å². The van der Waals surface area contributed by atoms with Gasteiger partial charge >= 0.3 is 5.97 Å². The number of hydrogen-bond donors (Lipinski definition) is 1. The molecule has 0 saturated heterocycles. The maximum absolute atomic E-state index is 10.8. The van der Waals surface area contributed by atoms with Crippen molar-refractivity contribution < 1.29 is 9.90 Å². The topological polar surface area (TPSA) is 63.1 Å². The fourth-order valence-electron chi connectivity index (χ4n) is 3.02. The Hall–Kier alpha value is -1.45. The molecule has 104 valence electrons. The van der Waals surface area contributed by atoms with Crippen molar-refractivity contribution in [2.45, 2.75) is 58.8 Å². The predicted octanol–water partition coefficient (Wildman–Crippen LogP) is 3.01. The molecule has 0 aliphatic heterocycles. The monoisotopic (exact) mass is 262 g/mol. The van der Waals surface area contributed by atoms with Gasteiger partial charge in [0.15, 0.2) is 0 Å². The average molecular weight is 262 g/mol. The van der Waals surface area contributed by atoms with Crippen molar-refractivity contribution in [3.05, 3.63) is 22.8 Å². The second kappa shape index (κ2) is 5.68. The molecule has 1 aromatic heterocycles. The van der Waals surface area contributed by atoms with Crippen LogP contribution < -0.4 is 0 Å². The van der Waals surface area contributed by atoms with Gasteiger partial charge in [0, 0.05) is 22.9 Å². The number of nitrogens with zero attached hydrogens (tertiary/aromatic N) is 2. The van der Waals surface area contributed by atoms with Crippen LogP contribution in [0.25, 0.3) is 0 Å². The zero-order valence-electron chi connectivity index (χ0n) is 11.9. The standard InChI is InChI=1S/C15H22N2O2/c1-9-5-4-6-12(7-9)15-16-10(2)13(8-14(18)19)11(3)17-15/h9,12H,4-8H2,1-3H3,(H,18,19). The molecular formula is C15H22N2O2. The SMILES string of the molecule is Cc1nc(C2CCCC(C)C2)nc(C)c1CC(=O)O. The molecule has 4 heteroatoms. The third-order valence-corrected chi connectivity index (χ3v) is 4.07. The Kier molecular flexibility index (Phi) is 4.17. The lowest BCUT2D eigenvalue weighted by atomic mass is 9.82. The van der Waals surface area contributed by atoms with Gasteiger partial charge in [-0.3, -0.25) is 4.79 Å². The Bertz CT molecular complexity index is 462. The molecular weight excluding hydrogens is 240 g/mol. The van der Waals surface area contributed by atoms with E-state index < -0.39 is 5.97 Å². The van der Waals surface area contributed by atoms with E-state index in [0.717, 1.165) is 41.5 Å². The van der Waals surface area contributed by atoms with E-state index in [0.29, 0.717) is 5.92 Å². The van der Waals surface area contributed by atoms with Crippen molar-refractivity contribution in [1.29, 1.82) is 0 Å². The van der Waals surface area contributed by atoms with Gasteiger partial charge in [-0.25, -0.2) is 9.97 Å². The number of aliphatic carboxylic acids is 1. The molecule has 0 aromatic carbocycles. The molecule has 1 aliphatic rings. The van der Waals surface area contributed by atoms with Crippen LogP contribution in [0.4, 0.5) is 0 Å². The molecule has 0 radical (unpaired) electrons. The summed E-state index contributed by atoms with van der Waals surface area (Å²) in [4.78, 5) is 20.0. The van der Waals surface area contributed by atoms with E-state index >= 15 is 0 Å². The van der Waals surface area contributed by atoms with E-state index in [1.54, 1.807) is 0 Å². The molecule has 1 heterocycles. The highest BCUT2D eigenvalue weighted by Crippen LogP contribution is 2.34. The first-order valence-corrected chi connectivity index (χ1v) is 7.03. The Balaban J connectivity index is 2.26. The summed E-state index contributed by atoms with van der Waals surface area (Å²) >= 11 is 0. The van der Waals surface area contributed by atoms with Gasteiger partial charge < -0.3 is 5.11 Å². The fourth-order valence-corrected chi connectivity index (χ4v) is 3.02. The quantitative estimate of drug-likeness (QED) is 0.909. The van der Waals surface area contributed by atoms with Crippen molar-refractivity contribution in [2.24, 2.45) is 5.92 Å². The molecule has 2 unspecified atom stereocenters. The summed E-state index contributed by atoms with van der Waals surface area (Å²) in [6, 6.07) is 0. The first kappa shape index (κ1) is 14.0. The minimum atomic E-state index is -0.825. The molecule has 1 N–H and O–H groups in total. The molecule has 2 rings (SSSR count). The molecule has 1 aliphatic carbocycles. The number of aryl methyl sites for hydroxylation is 2. The third kappa shape index (κ3) is 3.31. The zero-order chi connectivity index (χ0) is 14.0. The third-order valence-electron chi connectivity index (χ3n) is 4.07. The van der Waals surface area contributed by atoms with E-state index in [1.807, 2.05) is 13.8 Å². The van der Waals surface area contributed by atoms with E-state index in [2.05, 4.69) is 16.9 Å². The Labute approximate surface area is 114 Å². The summed E-state index contributed by atoms with van der Waals surface area (Å²) in [5.41, 5.74) is 2.41. The van der Waals surface area contributed by atoms with Gasteiger partial charge in [0.25, 0.3) is 0 Å². The summed E-state index contributed by atoms with van der Waals surface area (Å²) in [7, 11) is 0. The van der Waals surface area contributed by atoms with Crippen LogP contribution in [-0.2, 0) is 11.2 Å². The van der Waals surface area contributed by atoms with Crippen molar-refractivity contribution in [1.82, 2.24) is 9.97 Å². The molecule has 0 amide bonds. The molecule has 0 spiro atoms. The number of rotatable bonds is 3. The van der Waals surface area contributed by atoms with Crippen LogP contribution >= 0.6 is 0 Å². The molecule has 19 heavy (non-hydrogen) atoms. The summed E-state index contributed by atoms with van der Waals surface area (Å²) in [5.74, 6) is 1.27. The van der Waals surface area contributed by atoms with Crippen LogP contribution in [0.2, 0.25) is 0 Å². The Morgan fingerprint density at radius 1 is 1.26 bits per heavy atom. The highest BCUT2D eigenvalue weighted by molar-refractivity contribution is 5.70. The van der Waals surface area contributed by atoms with E-state index in [4.69, 9.17) is 5.11 Å². The van der Waals surface area contributed by atoms with Crippen molar-refractivity contribution in [3.63, 3.8) is 0 Å². The number of carboxylic acids is 1. The number of aromatic nitrogens is 2. The molecule has 0 bridgehead atoms. The maximum atomic E-state index is 10.8. The minimum Gasteiger partial charge on any atom is -0.481 e. The Morgan fingerprint density at radius 2 is 1.89 bits per heavy atom. The summed E-state index contributed by atoms with van der Waals surface area (Å²) in [5, 5.41) is 8.91. The van der Waals surface area contributed by atoms with Gasteiger partial charge in [0.2, 0.25) is 0 Å². The second-order valence-corrected chi connectivity index (χ2v) is 5.77. The lowest BCUT2D eigenvalue weighted by molar-refractivity contribution is -0.136. The molecule has 4 nitrogen and oxygen atoms in total. The lowest BCUT2D eigenvalue weighted by Crippen LogP contribution is -2.17. The molecule has 1 fully saturated rings. The molecule has 1 saturated carbocycles.